The second-order valence-electron chi connectivity index (χ2n) is 4.46. The highest BCUT2D eigenvalue weighted by atomic mass is 16.1. The van der Waals surface area contributed by atoms with Gasteiger partial charge < -0.3 is 15.6 Å². The van der Waals surface area contributed by atoms with Gasteiger partial charge in [-0.15, -0.1) is 0 Å². The molecule has 2 aromatic rings. The van der Waals surface area contributed by atoms with Gasteiger partial charge in [0.05, 0.1) is 5.92 Å². The molecule has 1 unspecified atom stereocenters. The van der Waals surface area contributed by atoms with E-state index in [4.69, 9.17) is 0 Å². The molecule has 0 fully saturated rings. The van der Waals surface area contributed by atoms with Crippen molar-refractivity contribution in [1.82, 2.24) is 10.3 Å². The Bertz CT molecular complexity index is 548. The highest BCUT2D eigenvalue weighted by molar-refractivity contribution is 5.88. The number of H-pyrrole nitrogens is 1. The molecule has 1 aliphatic heterocycles. The van der Waals surface area contributed by atoms with Crippen LogP contribution in [0.25, 0.3) is 0 Å². The van der Waals surface area contributed by atoms with Crippen molar-refractivity contribution in [2.24, 2.45) is 0 Å². The van der Waals surface area contributed by atoms with Gasteiger partial charge in [0.1, 0.15) is 0 Å². The molecular weight excluding hydrogens is 226 g/mol. The van der Waals surface area contributed by atoms with Gasteiger partial charge in [0.25, 0.3) is 0 Å². The molecule has 0 saturated heterocycles. The van der Waals surface area contributed by atoms with Crippen LogP contribution in [0.15, 0.2) is 42.7 Å². The van der Waals surface area contributed by atoms with E-state index in [2.05, 4.69) is 15.6 Å². The molecule has 4 heteroatoms. The fourth-order valence-corrected chi connectivity index (χ4v) is 2.30. The lowest BCUT2D eigenvalue weighted by Crippen LogP contribution is -2.29. The molecule has 4 nitrogen and oxygen atoms in total. The van der Waals surface area contributed by atoms with E-state index >= 15 is 0 Å². The van der Waals surface area contributed by atoms with Gasteiger partial charge >= 0.3 is 0 Å². The number of aromatic nitrogens is 1. The molecule has 0 bridgehead atoms. The Balaban J connectivity index is 1.67. The van der Waals surface area contributed by atoms with Crippen molar-refractivity contribution >= 4 is 11.6 Å². The second kappa shape index (κ2) is 4.56. The molecule has 1 aromatic carbocycles. The number of hydrogen-bond donors (Lipinski definition) is 3. The summed E-state index contributed by atoms with van der Waals surface area (Å²) in [4.78, 5) is 15.1. The van der Waals surface area contributed by atoms with Crippen molar-refractivity contribution in [1.29, 1.82) is 0 Å². The van der Waals surface area contributed by atoms with Gasteiger partial charge in [0, 0.05) is 31.2 Å². The van der Waals surface area contributed by atoms with Crippen molar-refractivity contribution in [2.45, 2.75) is 12.5 Å². The van der Waals surface area contributed by atoms with Crippen LogP contribution in [0.3, 0.4) is 0 Å². The SMILES string of the molecule is O=C(NCc1cc[nH]c1)C1CNc2ccccc21. The minimum atomic E-state index is -0.0832. The van der Waals surface area contributed by atoms with Gasteiger partial charge in [0.2, 0.25) is 5.91 Å². The van der Waals surface area contributed by atoms with E-state index in [0.717, 1.165) is 16.8 Å². The number of amides is 1. The third-order valence-electron chi connectivity index (χ3n) is 3.28. The molecule has 1 aromatic heterocycles. The zero-order valence-corrected chi connectivity index (χ0v) is 9.94. The molecule has 1 atom stereocenters. The third kappa shape index (κ3) is 1.97. The molecule has 92 valence electrons. The summed E-state index contributed by atoms with van der Waals surface area (Å²) in [7, 11) is 0. The first kappa shape index (κ1) is 10.9. The maximum Gasteiger partial charge on any atom is 0.229 e. The Morgan fingerprint density at radius 2 is 2.22 bits per heavy atom. The number of rotatable bonds is 3. The number of benzene rings is 1. The molecule has 3 rings (SSSR count). The number of carbonyl (C=O) groups excluding carboxylic acids is 1. The van der Waals surface area contributed by atoms with Crippen LogP contribution in [-0.4, -0.2) is 17.4 Å². The number of nitrogens with one attached hydrogen (secondary N) is 3. The van der Waals surface area contributed by atoms with Crippen LogP contribution in [0.1, 0.15) is 17.0 Å². The smallest absolute Gasteiger partial charge is 0.229 e. The molecule has 2 heterocycles. The molecule has 3 N–H and O–H groups in total. The second-order valence-corrected chi connectivity index (χ2v) is 4.46. The monoisotopic (exact) mass is 241 g/mol. The van der Waals surface area contributed by atoms with Gasteiger partial charge in [-0.2, -0.15) is 0 Å². The van der Waals surface area contributed by atoms with E-state index in [1.54, 1.807) is 0 Å². The largest absolute Gasteiger partial charge is 0.384 e. The normalized spacial score (nSPS) is 17.0. The number of hydrogen-bond acceptors (Lipinski definition) is 2. The Labute approximate surface area is 105 Å². The van der Waals surface area contributed by atoms with Crippen LogP contribution in [0.5, 0.6) is 0 Å². The van der Waals surface area contributed by atoms with Crippen molar-refractivity contribution in [2.75, 3.05) is 11.9 Å². The van der Waals surface area contributed by atoms with E-state index in [1.165, 1.54) is 0 Å². The van der Waals surface area contributed by atoms with E-state index in [-0.39, 0.29) is 11.8 Å². The Morgan fingerprint density at radius 3 is 3.06 bits per heavy atom. The van der Waals surface area contributed by atoms with E-state index in [1.807, 2.05) is 42.7 Å². The number of para-hydroxylation sites is 1. The van der Waals surface area contributed by atoms with Gasteiger partial charge in [-0.1, -0.05) is 18.2 Å². The summed E-state index contributed by atoms with van der Waals surface area (Å²) in [5, 5.41) is 6.23. The van der Waals surface area contributed by atoms with Gasteiger partial charge in [-0.3, -0.25) is 4.79 Å². The van der Waals surface area contributed by atoms with Crippen LogP contribution >= 0.6 is 0 Å². The summed E-state index contributed by atoms with van der Waals surface area (Å²) in [6.45, 7) is 1.25. The Hall–Kier alpha value is -2.23. The first-order valence-electron chi connectivity index (χ1n) is 6.07. The molecular formula is C14H15N3O. The predicted octanol–water partition coefficient (Wildman–Crippen LogP) is 1.84. The average Bonchev–Trinajstić information content (AvgIpc) is 3.05. The minimum Gasteiger partial charge on any atom is -0.384 e. The van der Waals surface area contributed by atoms with Crippen LogP contribution in [0, 0.1) is 0 Å². The fraction of sp³-hybridized carbons (Fsp3) is 0.214. The molecule has 0 aliphatic carbocycles. The summed E-state index contributed by atoms with van der Waals surface area (Å²) in [6, 6.07) is 9.93. The van der Waals surface area contributed by atoms with Gasteiger partial charge in [-0.05, 0) is 23.3 Å². The fourth-order valence-electron chi connectivity index (χ4n) is 2.30. The van der Waals surface area contributed by atoms with E-state index in [0.29, 0.717) is 13.1 Å². The Kier molecular flexibility index (Phi) is 2.76. The van der Waals surface area contributed by atoms with Crippen LogP contribution < -0.4 is 10.6 Å². The first-order valence-corrected chi connectivity index (χ1v) is 6.07. The lowest BCUT2D eigenvalue weighted by atomic mass is 10.0. The Morgan fingerprint density at radius 1 is 1.33 bits per heavy atom. The molecule has 0 spiro atoms. The van der Waals surface area contributed by atoms with Crippen molar-refractivity contribution in [3.8, 4) is 0 Å². The third-order valence-corrected chi connectivity index (χ3v) is 3.28. The lowest BCUT2D eigenvalue weighted by Gasteiger charge is -2.10. The molecule has 18 heavy (non-hydrogen) atoms. The van der Waals surface area contributed by atoms with E-state index in [9.17, 15) is 4.79 Å². The zero-order chi connectivity index (χ0) is 12.4. The van der Waals surface area contributed by atoms with Crippen LogP contribution in [-0.2, 0) is 11.3 Å². The summed E-state index contributed by atoms with van der Waals surface area (Å²) >= 11 is 0. The van der Waals surface area contributed by atoms with Gasteiger partial charge in [-0.25, -0.2) is 0 Å². The van der Waals surface area contributed by atoms with Crippen molar-refractivity contribution in [3.63, 3.8) is 0 Å². The van der Waals surface area contributed by atoms with E-state index < -0.39 is 0 Å². The quantitative estimate of drug-likeness (QED) is 0.768. The van der Waals surface area contributed by atoms with Crippen LogP contribution in [0.4, 0.5) is 5.69 Å². The summed E-state index contributed by atoms with van der Waals surface area (Å²) in [6.07, 6.45) is 3.75. The number of carbonyl (C=O) groups is 1. The molecule has 0 radical (unpaired) electrons. The first-order chi connectivity index (χ1) is 8.84. The maximum atomic E-state index is 12.1. The lowest BCUT2D eigenvalue weighted by molar-refractivity contribution is -0.122. The maximum absolute atomic E-state index is 12.1. The topological polar surface area (TPSA) is 56.9 Å². The number of fused-ring (bicyclic) bond motifs is 1. The standard InChI is InChI=1S/C14H15N3O/c18-14(17-8-10-5-6-15-7-10)12-9-16-13-4-2-1-3-11(12)13/h1-7,12,15-16H,8-9H2,(H,17,18). The summed E-state index contributed by atoms with van der Waals surface area (Å²) < 4.78 is 0. The average molecular weight is 241 g/mol. The highest BCUT2D eigenvalue weighted by Crippen LogP contribution is 2.30. The van der Waals surface area contributed by atoms with Crippen molar-refractivity contribution in [3.05, 3.63) is 53.9 Å². The van der Waals surface area contributed by atoms with Gasteiger partial charge in [0.15, 0.2) is 0 Å². The molecule has 0 saturated carbocycles. The number of anilines is 1. The minimum absolute atomic E-state index is 0.0775. The predicted molar refractivity (Wildman–Crippen MR) is 70.3 cm³/mol. The highest BCUT2D eigenvalue weighted by Gasteiger charge is 2.27. The van der Waals surface area contributed by atoms with Crippen molar-refractivity contribution < 1.29 is 4.79 Å². The summed E-state index contributed by atoms with van der Waals surface area (Å²) in [5.41, 5.74) is 3.24. The van der Waals surface area contributed by atoms with Crippen LogP contribution in [0.2, 0.25) is 0 Å². The molecule has 1 amide bonds. The zero-order valence-electron chi connectivity index (χ0n) is 9.94. The number of aromatic amines is 1. The summed E-state index contributed by atoms with van der Waals surface area (Å²) in [5.74, 6) is -0.00575. The molecule has 1 aliphatic rings.